The minimum absolute atomic E-state index is 0.102. The maximum Gasteiger partial charge on any atom is 0.416 e. The van der Waals surface area contributed by atoms with E-state index in [-0.39, 0.29) is 32.8 Å². The fourth-order valence-electron chi connectivity index (χ4n) is 2.67. The summed E-state index contributed by atoms with van der Waals surface area (Å²) in [5, 5.41) is 6.82. The Kier molecular flexibility index (Phi) is 4.13. The first-order valence-electron chi connectivity index (χ1n) is 6.83. The number of anilines is 1. The van der Waals surface area contributed by atoms with E-state index in [0.717, 1.165) is 12.1 Å². The maximum absolute atomic E-state index is 13.1. The fourth-order valence-corrected chi connectivity index (χ4v) is 3.74. The Bertz CT molecular complexity index is 961. The molecule has 0 radical (unpaired) electrons. The van der Waals surface area contributed by atoms with Gasteiger partial charge in [-0.2, -0.15) is 13.2 Å². The molecule has 1 aliphatic rings. The van der Waals surface area contributed by atoms with Crippen LogP contribution in [0.25, 0.3) is 10.5 Å². The van der Waals surface area contributed by atoms with E-state index in [9.17, 15) is 17.4 Å². The Morgan fingerprint density at radius 3 is 2.72 bits per heavy atom. The molecule has 1 aliphatic heterocycles. The van der Waals surface area contributed by atoms with Gasteiger partial charge < -0.3 is 10.2 Å². The molecule has 3 rings (SSSR count). The summed E-state index contributed by atoms with van der Waals surface area (Å²) in [7, 11) is -1.53. The van der Waals surface area contributed by atoms with Gasteiger partial charge >= 0.3 is 12.0 Å². The molecule has 0 aliphatic carbocycles. The summed E-state index contributed by atoms with van der Waals surface area (Å²) in [6.45, 7) is 10.8. The molecule has 1 aromatic carbocycles. The second-order valence-electron chi connectivity index (χ2n) is 5.23. The van der Waals surface area contributed by atoms with E-state index in [0.29, 0.717) is 0 Å². The van der Waals surface area contributed by atoms with E-state index in [4.69, 9.17) is 18.2 Å². The normalized spacial score (nSPS) is 17.0. The molecule has 25 heavy (non-hydrogen) atoms. The molecule has 2 unspecified atom stereocenters. The number of nitrogens with zero attached hydrogens (tertiary/aromatic N) is 3. The number of benzene rings is 1. The topological polar surface area (TPSA) is 51.3 Å². The third kappa shape index (κ3) is 2.71. The van der Waals surface area contributed by atoms with Gasteiger partial charge in [0.1, 0.15) is 10.6 Å². The third-order valence-corrected chi connectivity index (χ3v) is 4.95. The zero-order chi connectivity index (χ0) is 18.5. The summed E-state index contributed by atoms with van der Waals surface area (Å²) in [6, 6.07) is 1.06. The summed E-state index contributed by atoms with van der Waals surface area (Å²) in [6.07, 6.45) is -1.76. The molecule has 2 atom stereocenters. The van der Waals surface area contributed by atoms with E-state index < -0.39 is 28.6 Å². The first-order chi connectivity index (χ1) is 11.7. The zero-order valence-electron chi connectivity index (χ0n) is 12.7. The molecule has 130 valence electrons. The highest BCUT2D eigenvalue weighted by atomic mass is 35.5. The van der Waals surface area contributed by atoms with Crippen molar-refractivity contribution >= 4 is 34.0 Å². The number of aromatic nitrogens is 2. The number of alkyl halides is 3. The number of nitrogens with one attached hydrogen (secondary N) is 1. The lowest BCUT2D eigenvalue weighted by atomic mass is 9.99. The molecule has 5 nitrogen and oxygen atoms in total. The zero-order valence-corrected chi connectivity index (χ0v) is 14.3. The largest absolute Gasteiger partial charge is 0.416 e. The van der Waals surface area contributed by atoms with Crippen molar-refractivity contribution in [3.05, 3.63) is 52.4 Å². The summed E-state index contributed by atoms with van der Waals surface area (Å²) in [4.78, 5) is 3.41. The smallest absolute Gasteiger partial charge is 0.358 e. The van der Waals surface area contributed by atoms with Crippen LogP contribution in [-0.2, 0) is 17.0 Å². The minimum atomic E-state index is -4.56. The SMILES string of the molecule is [C-]#[N+]c1nn2c(c1S(C)=O)NC(C=C)c1cc(C(F)(F)F)cc(Cl)c1-2. The molecule has 0 amide bonds. The van der Waals surface area contributed by atoms with Crippen LogP contribution in [0.1, 0.15) is 17.2 Å². The summed E-state index contributed by atoms with van der Waals surface area (Å²) >= 11 is 6.11. The van der Waals surface area contributed by atoms with Gasteiger partial charge in [0.25, 0.3) is 0 Å². The molecule has 0 bridgehead atoms. The minimum Gasteiger partial charge on any atom is -0.358 e. The summed E-state index contributed by atoms with van der Waals surface area (Å²) < 4.78 is 52.5. The summed E-state index contributed by atoms with van der Waals surface area (Å²) in [5.41, 5.74) is -0.477. The van der Waals surface area contributed by atoms with Crippen LogP contribution in [0.5, 0.6) is 0 Å². The number of rotatable bonds is 2. The molecule has 1 aromatic heterocycles. The van der Waals surface area contributed by atoms with Crippen molar-refractivity contribution in [1.29, 1.82) is 0 Å². The van der Waals surface area contributed by atoms with Crippen LogP contribution in [0.4, 0.5) is 24.8 Å². The van der Waals surface area contributed by atoms with Crippen molar-refractivity contribution < 1.29 is 17.4 Å². The van der Waals surface area contributed by atoms with E-state index in [1.54, 1.807) is 0 Å². The van der Waals surface area contributed by atoms with Crippen LogP contribution in [-0.4, -0.2) is 20.2 Å². The van der Waals surface area contributed by atoms with Gasteiger partial charge in [-0.3, -0.25) is 4.21 Å². The van der Waals surface area contributed by atoms with Gasteiger partial charge in [0, 0.05) is 22.6 Å². The lowest BCUT2D eigenvalue weighted by molar-refractivity contribution is -0.137. The second kappa shape index (κ2) is 5.89. The predicted molar refractivity (Wildman–Crippen MR) is 88.7 cm³/mol. The fraction of sp³-hybridized carbons (Fsp3) is 0.200. The first kappa shape index (κ1) is 17.5. The predicted octanol–water partition coefficient (Wildman–Crippen LogP) is 4.49. The van der Waals surface area contributed by atoms with Crippen LogP contribution < -0.4 is 5.32 Å². The highest BCUT2D eigenvalue weighted by Crippen LogP contribution is 2.45. The van der Waals surface area contributed by atoms with Crippen LogP contribution in [0, 0.1) is 6.57 Å². The Labute approximate surface area is 148 Å². The first-order valence-corrected chi connectivity index (χ1v) is 8.76. The lowest BCUT2D eigenvalue weighted by Gasteiger charge is -2.27. The number of hydrogen-bond donors (Lipinski definition) is 1. The Balaban J connectivity index is 2.37. The average molecular weight is 387 g/mol. The average Bonchev–Trinajstić information content (AvgIpc) is 2.90. The molecule has 0 saturated heterocycles. The second-order valence-corrected chi connectivity index (χ2v) is 6.95. The van der Waals surface area contributed by atoms with E-state index in [1.165, 1.54) is 17.0 Å². The van der Waals surface area contributed by atoms with E-state index in [1.807, 2.05) is 0 Å². The quantitative estimate of drug-likeness (QED) is 0.611. The standard InChI is InChI=1S/C15H10ClF3N4OS/c1-4-10-8-5-7(15(17,18)19)6-9(16)11(8)23-14(21-10)12(25(3)24)13(20-2)22-23/h4-6,10,21H,1H2,3H3. The number of fused-ring (bicyclic) bond motifs is 3. The van der Waals surface area contributed by atoms with Gasteiger partial charge in [-0.15, -0.1) is 11.3 Å². The monoisotopic (exact) mass is 386 g/mol. The van der Waals surface area contributed by atoms with Gasteiger partial charge in [-0.05, 0) is 17.2 Å². The maximum atomic E-state index is 13.1. The van der Waals surface area contributed by atoms with Crippen LogP contribution in [0.2, 0.25) is 5.02 Å². The molecule has 2 heterocycles. The van der Waals surface area contributed by atoms with E-state index >= 15 is 0 Å². The Morgan fingerprint density at radius 1 is 1.52 bits per heavy atom. The van der Waals surface area contributed by atoms with Crippen LogP contribution in [0.3, 0.4) is 0 Å². The Hall–Kier alpha value is -2.31. The van der Waals surface area contributed by atoms with Crippen molar-refractivity contribution in [2.45, 2.75) is 17.1 Å². The van der Waals surface area contributed by atoms with Crippen molar-refractivity contribution in [3.63, 3.8) is 0 Å². The number of halogens is 4. The lowest BCUT2D eigenvalue weighted by Crippen LogP contribution is -2.22. The van der Waals surface area contributed by atoms with Crippen molar-refractivity contribution in [3.8, 4) is 5.69 Å². The van der Waals surface area contributed by atoms with Crippen molar-refractivity contribution in [1.82, 2.24) is 9.78 Å². The Morgan fingerprint density at radius 2 is 2.20 bits per heavy atom. The molecule has 0 fully saturated rings. The molecular formula is C15H10ClF3N4OS. The van der Waals surface area contributed by atoms with Gasteiger partial charge in [0.15, 0.2) is 5.82 Å². The number of hydrogen-bond acceptors (Lipinski definition) is 3. The highest BCUT2D eigenvalue weighted by molar-refractivity contribution is 7.84. The van der Waals surface area contributed by atoms with Crippen LogP contribution >= 0.6 is 11.6 Å². The van der Waals surface area contributed by atoms with Crippen LogP contribution in [0.15, 0.2) is 29.7 Å². The molecule has 2 aromatic rings. The molecule has 10 heteroatoms. The van der Waals surface area contributed by atoms with Crippen molar-refractivity contribution in [2.75, 3.05) is 11.6 Å². The highest BCUT2D eigenvalue weighted by Gasteiger charge is 2.37. The molecule has 1 N–H and O–H groups in total. The van der Waals surface area contributed by atoms with E-state index in [2.05, 4.69) is 21.8 Å². The van der Waals surface area contributed by atoms with Gasteiger partial charge in [0.05, 0.1) is 16.6 Å². The van der Waals surface area contributed by atoms with Crippen molar-refractivity contribution in [2.24, 2.45) is 0 Å². The summed E-state index contributed by atoms with van der Waals surface area (Å²) in [5.74, 6) is 0.154. The van der Waals surface area contributed by atoms with Gasteiger partial charge in [0.2, 0.25) is 0 Å². The van der Waals surface area contributed by atoms with Gasteiger partial charge in [-0.25, -0.2) is 0 Å². The molecule has 0 saturated carbocycles. The molecular weight excluding hydrogens is 377 g/mol. The third-order valence-electron chi connectivity index (χ3n) is 3.71. The van der Waals surface area contributed by atoms with Gasteiger partial charge in [-0.1, -0.05) is 24.2 Å². The molecule has 0 spiro atoms.